The summed E-state index contributed by atoms with van der Waals surface area (Å²) in [5, 5.41) is 0.324. The second kappa shape index (κ2) is 7.51. The smallest absolute Gasteiger partial charge is 0.417 e. The first-order valence-corrected chi connectivity index (χ1v) is 10.2. The molecule has 9 heteroatoms. The zero-order valence-electron chi connectivity index (χ0n) is 15.5. The van der Waals surface area contributed by atoms with Gasteiger partial charge < -0.3 is 4.74 Å². The third kappa shape index (κ3) is 4.25. The van der Waals surface area contributed by atoms with Crippen LogP contribution in [0.3, 0.4) is 0 Å². The molecule has 0 saturated heterocycles. The van der Waals surface area contributed by atoms with Crippen LogP contribution in [0.1, 0.15) is 58.3 Å². The first-order valence-electron chi connectivity index (χ1n) is 8.59. The lowest BCUT2D eigenvalue weighted by Gasteiger charge is -2.29. The van der Waals surface area contributed by atoms with E-state index in [1.807, 2.05) is 13.8 Å². The van der Waals surface area contributed by atoms with E-state index < -0.39 is 17.7 Å². The van der Waals surface area contributed by atoms with Crippen molar-refractivity contribution in [2.75, 3.05) is 6.61 Å². The highest BCUT2D eigenvalue weighted by Crippen LogP contribution is 2.46. The van der Waals surface area contributed by atoms with Crippen molar-refractivity contribution in [2.24, 2.45) is 5.41 Å². The predicted molar refractivity (Wildman–Crippen MR) is 100 cm³/mol. The molecule has 0 amide bonds. The van der Waals surface area contributed by atoms with Crippen LogP contribution in [0.2, 0.25) is 0 Å². The van der Waals surface area contributed by atoms with Crippen molar-refractivity contribution in [1.82, 2.24) is 4.98 Å². The molecule has 1 aliphatic rings. The van der Waals surface area contributed by atoms with Gasteiger partial charge in [0.05, 0.1) is 16.4 Å². The largest absolute Gasteiger partial charge is 0.462 e. The number of fused-ring (bicyclic) bond motifs is 1. The number of hydrogen-bond donors (Lipinski definition) is 0. The van der Waals surface area contributed by atoms with Gasteiger partial charge in [0, 0.05) is 18.2 Å². The van der Waals surface area contributed by atoms with Crippen LogP contribution >= 0.6 is 23.1 Å². The second-order valence-corrected chi connectivity index (χ2v) is 9.53. The molecule has 0 bridgehead atoms. The van der Waals surface area contributed by atoms with Crippen LogP contribution in [0.25, 0.3) is 0 Å². The molecule has 0 fully saturated rings. The number of hydrogen-bond acceptors (Lipinski definition) is 6. The summed E-state index contributed by atoms with van der Waals surface area (Å²) in [5.74, 6) is -0.561. The molecule has 0 saturated carbocycles. The van der Waals surface area contributed by atoms with E-state index in [0.717, 1.165) is 35.4 Å². The Morgan fingerprint density at radius 3 is 2.61 bits per heavy atom. The number of ether oxygens (including phenoxy) is 1. The molecular formula is C19H18F3NO3S2. The Kier molecular flexibility index (Phi) is 5.60. The summed E-state index contributed by atoms with van der Waals surface area (Å²) in [7, 11) is 0. The van der Waals surface area contributed by atoms with E-state index >= 15 is 0 Å². The quantitative estimate of drug-likeness (QED) is 0.589. The molecular weight excluding hydrogens is 411 g/mol. The number of Topliss-reactive ketones (excluding diaryl/α,β-unsaturated/α-hetero) is 1. The minimum absolute atomic E-state index is 0.0764. The molecule has 2 aromatic heterocycles. The zero-order chi connectivity index (χ0) is 20.7. The first-order chi connectivity index (χ1) is 13.0. The third-order valence-corrected chi connectivity index (χ3v) is 6.62. The molecule has 0 aromatic carbocycles. The van der Waals surface area contributed by atoms with Gasteiger partial charge in [-0.15, -0.1) is 11.3 Å². The van der Waals surface area contributed by atoms with Gasteiger partial charge in [0.2, 0.25) is 0 Å². The van der Waals surface area contributed by atoms with Crippen LogP contribution < -0.4 is 0 Å². The van der Waals surface area contributed by atoms with Crippen LogP contribution in [-0.2, 0) is 17.3 Å². The Morgan fingerprint density at radius 2 is 2.04 bits per heavy atom. The number of halogens is 3. The van der Waals surface area contributed by atoms with Gasteiger partial charge in [-0.2, -0.15) is 13.2 Å². The molecule has 150 valence electrons. The molecule has 0 spiro atoms. The molecule has 4 nitrogen and oxygen atoms in total. The van der Waals surface area contributed by atoms with E-state index in [1.165, 1.54) is 6.07 Å². The fourth-order valence-electron chi connectivity index (χ4n) is 3.09. The van der Waals surface area contributed by atoms with E-state index in [9.17, 15) is 22.8 Å². The van der Waals surface area contributed by atoms with Crippen molar-refractivity contribution in [1.29, 1.82) is 0 Å². The number of carbonyl (C=O) groups excluding carboxylic acids is 2. The molecule has 2 heterocycles. The molecule has 0 unspecified atom stereocenters. The summed E-state index contributed by atoms with van der Waals surface area (Å²) in [6, 6.07) is 2.22. The predicted octanol–water partition coefficient (Wildman–Crippen LogP) is 5.64. The van der Waals surface area contributed by atoms with Gasteiger partial charge in [0.15, 0.2) is 5.78 Å². The van der Waals surface area contributed by atoms with E-state index in [4.69, 9.17) is 4.74 Å². The van der Waals surface area contributed by atoms with Crippen LogP contribution in [0, 0.1) is 5.41 Å². The van der Waals surface area contributed by atoms with Gasteiger partial charge in [-0.1, -0.05) is 25.6 Å². The maximum Gasteiger partial charge on any atom is 0.417 e. The molecule has 3 rings (SSSR count). The van der Waals surface area contributed by atoms with Crippen LogP contribution in [-0.4, -0.2) is 23.3 Å². The van der Waals surface area contributed by atoms with Gasteiger partial charge >= 0.3 is 12.1 Å². The Balaban J connectivity index is 2.00. The third-order valence-electron chi connectivity index (χ3n) is 4.27. The van der Waals surface area contributed by atoms with Crippen LogP contribution in [0.5, 0.6) is 0 Å². The summed E-state index contributed by atoms with van der Waals surface area (Å²) in [5.41, 5.74) is 0.0225. The molecule has 1 aliphatic carbocycles. The molecule has 2 aromatic rings. The number of carbonyl (C=O) groups is 2. The number of aromatic nitrogens is 1. The Morgan fingerprint density at radius 1 is 1.32 bits per heavy atom. The lowest BCUT2D eigenvalue weighted by atomic mass is 9.74. The standard InChI is InChI=1S/C19H18F3NO3S2/c1-4-26-16(25)15-11-7-18(2,3)8-12(24)14(11)17(28-15)27-13-6-5-10(9-23-13)19(20,21)22/h5-6,9H,4,7-8H2,1-3H3. The van der Waals surface area contributed by atoms with E-state index in [1.54, 1.807) is 6.92 Å². The average molecular weight is 429 g/mol. The van der Waals surface area contributed by atoms with Crippen molar-refractivity contribution in [3.05, 3.63) is 39.9 Å². The molecule has 0 aliphatic heterocycles. The highest BCUT2D eigenvalue weighted by molar-refractivity contribution is 8.01. The van der Waals surface area contributed by atoms with Crippen molar-refractivity contribution in [3.8, 4) is 0 Å². The highest BCUT2D eigenvalue weighted by atomic mass is 32.2. The summed E-state index contributed by atoms with van der Waals surface area (Å²) in [6.07, 6.45) is -2.80. The lowest BCUT2D eigenvalue weighted by molar-refractivity contribution is -0.137. The lowest BCUT2D eigenvalue weighted by Crippen LogP contribution is -2.27. The van der Waals surface area contributed by atoms with E-state index in [0.29, 0.717) is 38.1 Å². The summed E-state index contributed by atoms with van der Waals surface area (Å²) < 4.78 is 43.8. The Labute approximate surface area is 168 Å². The highest BCUT2D eigenvalue weighted by Gasteiger charge is 2.38. The minimum Gasteiger partial charge on any atom is -0.462 e. The maximum atomic E-state index is 12.8. The molecule has 0 radical (unpaired) electrons. The minimum atomic E-state index is -4.46. The number of ketones is 1. The fourth-order valence-corrected chi connectivity index (χ4v) is 5.50. The fraction of sp³-hybridized carbons (Fsp3) is 0.421. The number of rotatable bonds is 4. The van der Waals surface area contributed by atoms with Crippen LogP contribution in [0.4, 0.5) is 13.2 Å². The van der Waals surface area contributed by atoms with E-state index in [2.05, 4.69) is 4.98 Å². The van der Waals surface area contributed by atoms with Gasteiger partial charge in [-0.3, -0.25) is 4.79 Å². The average Bonchev–Trinajstić information content (AvgIpc) is 2.92. The summed E-state index contributed by atoms with van der Waals surface area (Å²) >= 11 is 2.23. The molecule has 0 N–H and O–H groups in total. The summed E-state index contributed by atoms with van der Waals surface area (Å²) in [6.45, 7) is 5.84. The van der Waals surface area contributed by atoms with Crippen molar-refractivity contribution < 1.29 is 27.5 Å². The molecule has 28 heavy (non-hydrogen) atoms. The second-order valence-electron chi connectivity index (χ2n) is 7.22. The molecule has 0 atom stereocenters. The first kappa shape index (κ1) is 20.9. The number of thiophene rings is 1. The monoisotopic (exact) mass is 429 g/mol. The number of alkyl halides is 3. The van der Waals surface area contributed by atoms with E-state index in [-0.39, 0.29) is 17.8 Å². The number of pyridine rings is 1. The van der Waals surface area contributed by atoms with Gasteiger partial charge in [0.1, 0.15) is 9.90 Å². The normalized spacial score (nSPS) is 16.0. The number of esters is 1. The van der Waals surface area contributed by atoms with Crippen LogP contribution in [0.15, 0.2) is 27.6 Å². The van der Waals surface area contributed by atoms with Crippen molar-refractivity contribution in [3.63, 3.8) is 0 Å². The maximum absolute atomic E-state index is 12.8. The zero-order valence-corrected chi connectivity index (χ0v) is 17.1. The SMILES string of the molecule is CCOC(=O)c1sc(Sc2ccc(C(F)(F)F)cn2)c2c1CC(C)(C)CC2=O. The summed E-state index contributed by atoms with van der Waals surface area (Å²) in [4.78, 5) is 29.4. The van der Waals surface area contributed by atoms with Crippen molar-refractivity contribution in [2.45, 2.75) is 49.0 Å². The Hall–Kier alpha value is -1.87. The van der Waals surface area contributed by atoms with Gasteiger partial charge in [-0.05, 0) is 36.5 Å². The van der Waals surface area contributed by atoms with Gasteiger partial charge in [0.25, 0.3) is 0 Å². The van der Waals surface area contributed by atoms with Gasteiger partial charge in [-0.25, -0.2) is 9.78 Å². The topological polar surface area (TPSA) is 56.3 Å². The van der Waals surface area contributed by atoms with Crippen molar-refractivity contribution >= 4 is 34.9 Å². The Bertz CT molecular complexity index is 918. The number of nitrogens with zero attached hydrogens (tertiary/aromatic N) is 1.